The Balaban J connectivity index is 1.88. The fourth-order valence-corrected chi connectivity index (χ4v) is 3.84. The first-order valence-electron chi connectivity index (χ1n) is 8.63. The summed E-state index contributed by atoms with van der Waals surface area (Å²) in [6, 6.07) is 0. The van der Waals surface area contributed by atoms with Crippen LogP contribution in [0, 0.1) is 11.8 Å². The first-order valence-corrected chi connectivity index (χ1v) is 8.63. The summed E-state index contributed by atoms with van der Waals surface area (Å²) < 4.78 is 0. The zero-order valence-corrected chi connectivity index (χ0v) is 12.5. The quantitative estimate of drug-likeness (QED) is 0.746. The minimum absolute atomic E-state index is 0.287. The minimum Gasteiger partial charge on any atom is -0.356 e. The van der Waals surface area contributed by atoms with Gasteiger partial charge >= 0.3 is 0 Å². The highest BCUT2D eigenvalue weighted by Crippen LogP contribution is 2.31. The van der Waals surface area contributed by atoms with Crippen LogP contribution in [0.1, 0.15) is 83.5 Å². The molecule has 0 aromatic carbocycles. The summed E-state index contributed by atoms with van der Waals surface area (Å²) in [5, 5.41) is 3.18. The topological polar surface area (TPSA) is 29.1 Å². The summed E-state index contributed by atoms with van der Waals surface area (Å²) in [6.45, 7) is 0.948. The molecule has 0 spiro atoms. The van der Waals surface area contributed by atoms with Gasteiger partial charge in [-0.2, -0.15) is 0 Å². The van der Waals surface area contributed by atoms with Crippen LogP contribution >= 0.6 is 0 Å². The van der Waals surface area contributed by atoms with Crippen LogP contribution in [-0.2, 0) is 4.79 Å². The summed E-state index contributed by atoms with van der Waals surface area (Å²) in [4.78, 5) is 11.7. The minimum atomic E-state index is 0.287. The molecule has 0 aromatic heterocycles. The zero-order chi connectivity index (χ0) is 13.3. The van der Waals surface area contributed by atoms with Gasteiger partial charge in [-0.1, -0.05) is 64.2 Å². The molecule has 1 atom stereocenters. The number of rotatable bonds is 1. The number of hydrogen-bond acceptors (Lipinski definition) is 1. The molecule has 0 radical (unpaired) electrons. The average Bonchev–Trinajstić information content (AvgIpc) is 2.60. The Morgan fingerprint density at radius 1 is 0.684 bits per heavy atom. The van der Waals surface area contributed by atoms with Crippen LogP contribution in [0.5, 0.6) is 0 Å². The van der Waals surface area contributed by atoms with Crippen molar-refractivity contribution in [2.24, 2.45) is 11.8 Å². The molecule has 1 unspecified atom stereocenters. The van der Waals surface area contributed by atoms with Gasteiger partial charge < -0.3 is 5.32 Å². The average molecular weight is 265 g/mol. The van der Waals surface area contributed by atoms with E-state index in [2.05, 4.69) is 5.32 Å². The molecular formula is C17H31NO. The Labute approximate surface area is 118 Å². The molecule has 1 saturated heterocycles. The molecule has 2 fully saturated rings. The smallest absolute Gasteiger partial charge is 0.220 e. The van der Waals surface area contributed by atoms with E-state index < -0.39 is 0 Å². The second-order valence-corrected chi connectivity index (χ2v) is 6.62. The van der Waals surface area contributed by atoms with Crippen molar-refractivity contribution in [2.45, 2.75) is 83.5 Å². The number of hydrogen-bond donors (Lipinski definition) is 1. The lowest BCUT2D eigenvalue weighted by atomic mass is 9.81. The highest BCUT2D eigenvalue weighted by Gasteiger charge is 2.22. The number of amides is 1. The number of nitrogens with one attached hydrogen (secondary N) is 1. The lowest BCUT2D eigenvalue weighted by Crippen LogP contribution is -2.32. The second-order valence-electron chi connectivity index (χ2n) is 6.62. The molecule has 2 aliphatic rings. The molecule has 1 heterocycles. The summed E-state index contributed by atoms with van der Waals surface area (Å²) in [7, 11) is 0. The van der Waals surface area contributed by atoms with Crippen molar-refractivity contribution >= 4 is 5.91 Å². The van der Waals surface area contributed by atoms with Crippen molar-refractivity contribution in [1.29, 1.82) is 0 Å². The molecule has 0 aromatic rings. The van der Waals surface area contributed by atoms with Gasteiger partial charge in [0.05, 0.1) is 0 Å². The predicted molar refractivity (Wildman–Crippen MR) is 80.0 cm³/mol. The molecule has 19 heavy (non-hydrogen) atoms. The van der Waals surface area contributed by atoms with Crippen molar-refractivity contribution < 1.29 is 4.79 Å². The van der Waals surface area contributed by atoms with Crippen LogP contribution in [0.3, 0.4) is 0 Å². The Bertz CT molecular complexity index is 254. The van der Waals surface area contributed by atoms with Crippen molar-refractivity contribution in [2.75, 3.05) is 6.54 Å². The third-order valence-corrected chi connectivity index (χ3v) is 5.11. The first kappa shape index (κ1) is 14.9. The predicted octanol–water partition coefficient (Wildman–Crippen LogP) is 4.43. The van der Waals surface area contributed by atoms with E-state index in [0.29, 0.717) is 0 Å². The summed E-state index contributed by atoms with van der Waals surface area (Å²) >= 11 is 0. The van der Waals surface area contributed by atoms with Gasteiger partial charge in [0.2, 0.25) is 5.91 Å². The molecule has 1 amide bonds. The monoisotopic (exact) mass is 265 g/mol. The molecule has 110 valence electrons. The molecule has 2 rings (SSSR count). The van der Waals surface area contributed by atoms with E-state index in [9.17, 15) is 4.79 Å². The van der Waals surface area contributed by atoms with Crippen LogP contribution < -0.4 is 5.32 Å². The molecular weight excluding hydrogens is 234 g/mol. The van der Waals surface area contributed by atoms with Crippen molar-refractivity contribution in [3.05, 3.63) is 0 Å². The van der Waals surface area contributed by atoms with Crippen LogP contribution in [-0.4, -0.2) is 12.5 Å². The third kappa shape index (κ3) is 5.54. The summed E-state index contributed by atoms with van der Waals surface area (Å²) in [5.74, 6) is 1.91. The van der Waals surface area contributed by atoms with E-state index in [0.717, 1.165) is 31.2 Å². The van der Waals surface area contributed by atoms with E-state index in [1.807, 2.05) is 0 Å². The van der Waals surface area contributed by atoms with Crippen LogP contribution in [0.4, 0.5) is 0 Å². The third-order valence-electron chi connectivity index (χ3n) is 5.11. The van der Waals surface area contributed by atoms with E-state index >= 15 is 0 Å². The van der Waals surface area contributed by atoms with Crippen molar-refractivity contribution in [3.8, 4) is 0 Å². The van der Waals surface area contributed by atoms with Gasteiger partial charge in [0, 0.05) is 13.0 Å². The fraction of sp³-hybridized carbons (Fsp3) is 0.941. The first-order chi connectivity index (χ1) is 9.36. The Morgan fingerprint density at radius 3 is 1.89 bits per heavy atom. The zero-order valence-electron chi connectivity index (χ0n) is 12.5. The molecule has 1 aliphatic heterocycles. The van der Waals surface area contributed by atoms with Gasteiger partial charge in [-0.3, -0.25) is 4.79 Å². The van der Waals surface area contributed by atoms with E-state index in [4.69, 9.17) is 0 Å². The van der Waals surface area contributed by atoms with Gasteiger partial charge in [-0.05, 0) is 24.7 Å². The van der Waals surface area contributed by atoms with Crippen molar-refractivity contribution in [3.63, 3.8) is 0 Å². The van der Waals surface area contributed by atoms with Gasteiger partial charge in [0.25, 0.3) is 0 Å². The molecule has 1 saturated carbocycles. The molecule has 1 N–H and O–H groups in total. The lowest BCUT2D eigenvalue weighted by Gasteiger charge is -2.27. The summed E-state index contributed by atoms with van der Waals surface area (Å²) in [5.41, 5.74) is 0. The van der Waals surface area contributed by atoms with Crippen LogP contribution in [0.25, 0.3) is 0 Å². The van der Waals surface area contributed by atoms with Crippen LogP contribution in [0.15, 0.2) is 0 Å². The highest BCUT2D eigenvalue weighted by atomic mass is 16.1. The van der Waals surface area contributed by atoms with Gasteiger partial charge in [-0.15, -0.1) is 0 Å². The fourth-order valence-electron chi connectivity index (χ4n) is 3.84. The van der Waals surface area contributed by atoms with Gasteiger partial charge in [-0.25, -0.2) is 0 Å². The van der Waals surface area contributed by atoms with Gasteiger partial charge in [0.15, 0.2) is 0 Å². The SMILES string of the molecule is O=C1CCCCCC(C2CCCCCCCC2)CN1. The second kappa shape index (κ2) is 8.60. The molecule has 2 nitrogen and oxygen atoms in total. The largest absolute Gasteiger partial charge is 0.356 e. The maximum absolute atomic E-state index is 11.7. The maximum atomic E-state index is 11.7. The number of carbonyl (C=O) groups is 1. The lowest BCUT2D eigenvalue weighted by molar-refractivity contribution is -0.121. The number of carbonyl (C=O) groups excluding carboxylic acids is 1. The maximum Gasteiger partial charge on any atom is 0.220 e. The highest BCUT2D eigenvalue weighted by molar-refractivity contribution is 5.75. The molecule has 1 aliphatic carbocycles. The Hall–Kier alpha value is -0.530. The Morgan fingerprint density at radius 2 is 1.21 bits per heavy atom. The normalized spacial score (nSPS) is 29.1. The van der Waals surface area contributed by atoms with Crippen LogP contribution in [0.2, 0.25) is 0 Å². The molecule has 0 bridgehead atoms. The van der Waals surface area contributed by atoms with E-state index in [-0.39, 0.29) is 5.91 Å². The van der Waals surface area contributed by atoms with E-state index in [1.54, 1.807) is 0 Å². The summed E-state index contributed by atoms with van der Waals surface area (Å²) in [6.07, 6.45) is 17.1. The Kier molecular flexibility index (Phi) is 6.73. The molecule has 2 heteroatoms. The standard InChI is InChI=1S/C17H31NO/c19-17-13-9-5-8-12-16(14-18-17)15-10-6-3-1-2-4-7-11-15/h15-16H,1-14H2,(H,18,19). The van der Waals surface area contributed by atoms with E-state index in [1.165, 1.54) is 70.6 Å². The van der Waals surface area contributed by atoms with Gasteiger partial charge in [0.1, 0.15) is 0 Å². The van der Waals surface area contributed by atoms with Crippen molar-refractivity contribution in [1.82, 2.24) is 5.32 Å².